The van der Waals surface area contributed by atoms with Crippen LogP contribution in [0.1, 0.15) is 43.8 Å². The quantitative estimate of drug-likeness (QED) is 0.881. The highest BCUT2D eigenvalue weighted by atomic mass is 16.5. The summed E-state index contributed by atoms with van der Waals surface area (Å²) in [7, 11) is 1.60. The predicted molar refractivity (Wildman–Crippen MR) is 92.5 cm³/mol. The molecule has 2 amide bonds. The summed E-state index contributed by atoms with van der Waals surface area (Å²) < 4.78 is 5.15. The number of piperazine rings is 1. The molecular weight excluding hydrogens is 320 g/mol. The van der Waals surface area contributed by atoms with E-state index in [1.54, 1.807) is 27.0 Å². The molecule has 7 nitrogen and oxygen atoms in total. The first-order valence-electron chi connectivity index (χ1n) is 8.29. The van der Waals surface area contributed by atoms with Crippen molar-refractivity contribution in [2.75, 3.05) is 26.7 Å². The lowest BCUT2D eigenvalue weighted by Gasteiger charge is -2.36. The van der Waals surface area contributed by atoms with Gasteiger partial charge in [0.25, 0.3) is 11.8 Å². The van der Waals surface area contributed by atoms with E-state index in [9.17, 15) is 9.59 Å². The molecular formula is C18H22N4O3. The molecule has 1 aromatic heterocycles. The van der Waals surface area contributed by atoms with Crippen LogP contribution in [0.2, 0.25) is 0 Å². The Morgan fingerprint density at radius 2 is 2.16 bits per heavy atom. The van der Waals surface area contributed by atoms with Gasteiger partial charge in [-0.05, 0) is 31.5 Å². The molecule has 0 spiro atoms. The van der Waals surface area contributed by atoms with Gasteiger partial charge in [0, 0.05) is 32.2 Å². The van der Waals surface area contributed by atoms with Crippen molar-refractivity contribution < 1.29 is 14.1 Å². The lowest BCUT2D eigenvalue weighted by atomic mass is 9.99. The van der Waals surface area contributed by atoms with E-state index in [-0.39, 0.29) is 17.9 Å². The summed E-state index contributed by atoms with van der Waals surface area (Å²) in [6.07, 6.45) is 0. The van der Waals surface area contributed by atoms with Crippen molar-refractivity contribution in [2.24, 2.45) is 0 Å². The number of hydrogen-bond donors (Lipinski definition) is 2. The topological polar surface area (TPSA) is 87.5 Å². The first kappa shape index (κ1) is 17.2. The van der Waals surface area contributed by atoms with Crippen molar-refractivity contribution >= 4 is 11.8 Å². The summed E-state index contributed by atoms with van der Waals surface area (Å²) in [6, 6.07) is 7.23. The van der Waals surface area contributed by atoms with Gasteiger partial charge in [-0.3, -0.25) is 9.59 Å². The Kier molecular flexibility index (Phi) is 4.85. The van der Waals surface area contributed by atoms with Gasteiger partial charge in [-0.15, -0.1) is 0 Å². The van der Waals surface area contributed by atoms with Gasteiger partial charge in [-0.2, -0.15) is 0 Å². The third-order valence-electron chi connectivity index (χ3n) is 4.51. The van der Waals surface area contributed by atoms with Crippen molar-refractivity contribution in [1.82, 2.24) is 20.7 Å². The van der Waals surface area contributed by atoms with Crippen molar-refractivity contribution in [3.05, 3.63) is 52.4 Å². The van der Waals surface area contributed by atoms with Crippen LogP contribution in [0.5, 0.6) is 0 Å². The number of rotatable bonds is 3. The Morgan fingerprint density at radius 3 is 2.84 bits per heavy atom. The average Bonchev–Trinajstić information content (AvgIpc) is 2.99. The highest BCUT2D eigenvalue weighted by molar-refractivity contribution is 5.97. The molecule has 0 unspecified atom stereocenters. The fourth-order valence-corrected chi connectivity index (χ4v) is 3.21. The molecule has 1 fully saturated rings. The number of nitrogens with one attached hydrogen (secondary N) is 2. The molecule has 1 aliphatic rings. The van der Waals surface area contributed by atoms with Crippen LogP contribution in [0, 0.1) is 13.8 Å². The van der Waals surface area contributed by atoms with E-state index in [4.69, 9.17) is 4.52 Å². The SMILES string of the molecule is CNC(=O)c1cccc([C@H]2CNCCN2C(=O)c2c(C)noc2C)c1. The third-order valence-corrected chi connectivity index (χ3v) is 4.51. The van der Waals surface area contributed by atoms with Gasteiger partial charge < -0.3 is 20.1 Å². The molecule has 0 radical (unpaired) electrons. The van der Waals surface area contributed by atoms with E-state index in [0.29, 0.717) is 35.7 Å². The molecule has 0 saturated carbocycles. The number of aryl methyl sites for hydroxylation is 2. The minimum atomic E-state index is -0.153. The Balaban J connectivity index is 1.94. The van der Waals surface area contributed by atoms with Crippen LogP contribution >= 0.6 is 0 Å². The number of carbonyl (C=O) groups excluding carboxylic acids is 2. The maximum atomic E-state index is 13.1. The van der Waals surface area contributed by atoms with Gasteiger partial charge in [0.15, 0.2) is 0 Å². The number of hydrogen-bond acceptors (Lipinski definition) is 5. The normalized spacial score (nSPS) is 17.4. The van der Waals surface area contributed by atoms with Crippen LogP contribution in [0.15, 0.2) is 28.8 Å². The van der Waals surface area contributed by atoms with Gasteiger partial charge >= 0.3 is 0 Å². The van der Waals surface area contributed by atoms with Crippen LogP contribution in [-0.4, -0.2) is 48.6 Å². The van der Waals surface area contributed by atoms with Crippen molar-refractivity contribution in [1.29, 1.82) is 0 Å². The summed E-state index contributed by atoms with van der Waals surface area (Å²) >= 11 is 0. The molecule has 1 aliphatic heterocycles. The lowest BCUT2D eigenvalue weighted by Crippen LogP contribution is -2.49. The Hall–Kier alpha value is -2.67. The average molecular weight is 342 g/mol. The summed E-state index contributed by atoms with van der Waals surface area (Å²) in [5.74, 6) is 0.293. The van der Waals surface area contributed by atoms with Crippen molar-refractivity contribution in [2.45, 2.75) is 19.9 Å². The lowest BCUT2D eigenvalue weighted by molar-refractivity contribution is 0.0632. The van der Waals surface area contributed by atoms with Gasteiger partial charge in [-0.25, -0.2) is 0 Å². The zero-order chi connectivity index (χ0) is 18.0. The third kappa shape index (κ3) is 3.28. The minimum absolute atomic E-state index is 0.0897. The molecule has 3 rings (SSSR count). The fraction of sp³-hybridized carbons (Fsp3) is 0.389. The second kappa shape index (κ2) is 7.06. The molecule has 25 heavy (non-hydrogen) atoms. The maximum Gasteiger partial charge on any atom is 0.259 e. The van der Waals surface area contributed by atoms with Crippen LogP contribution in [0.4, 0.5) is 0 Å². The Bertz CT molecular complexity index is 780. The number of carbonyl (C=O) groups is 2. The van der Waals surface area contributed by atoms with Crippen LogP contribution in [0.3, 0.4) is 0 Å². The predicted octanol–water partition coefficient (Wildman–Crippen LogP) is 1.44. The Morgan fingerprint density at radius 1 is 1.36 bits per heavy atom. The zero-order valence-electron chi connectivity index (χ0n) is 14.6. The molecule has 2 aromatic rings. The molecule has 0 bridgehead atoms. The first-order chi connectivity index (χ1) is 12.0. The van der Waals surface area contributed by atoms with Crippen LogP contribution in [0.25, 0.3) is 0 Å². The van der Waals surface area contributed by atoms with E-state index in [2.05, 4.69) is 15.8 Å². The summed E-state index contributed by atoms with van der Waals surface area (Å²) in [4.78, 5) is 26.8. The number of aromatic nitrogens is 1. The fourth-order valence-electron chi connectivity index (χ4n) is 3.21. The standard InChI is InChI=1S/C18H22N4O3/c1-11-16(12(2)25-21-11)18(24)22-8-7-20-10-15(22)13-5-4-6-14(9-13)17(23)19-3/h4-6,9,15,20H,7-8,10H2,1-3H3,(H,19,23)/t15-/m1/s1. The molecule has 0 aliphatic carbocycles. The highest BCUT2D eigenvalue weighted by Gasteiger charge is 2.32. The van der Waals surface area contributed by atoms with Crippen LogP contribution < -0.4 is 10.6 Å². The molecule has 2 heterocycles. The second-order valence-corrected chi connectivity index (χ2v) is 6.12. The van der Waals surface area contributed by atoms with E-state index in [1.807, 2.05) is 23.1 Å². The molecule has 1 aromatic carbocycles. The molecule has 2 N–H and O–H groups in total. The minimum Gasteiger partial charge on any atom is -0.361 e. The van der Waals surface area contributed by atoms with Gasteiger partial charge in [0.2, 0.25) is 0 Å². The second-order valence-electron chi connectivity index (χ2n) is 6.12. The van der Waals surface area contributed by atoms with Crippen molar-refractivity contribution in [3.8, 4) is 0 Å². The summed E-state index contributed by atoms with van der Waals surface area (Å²) in [5, 5.41) is 9.84. The number of amides is 2. The van der Waals surface area contributed by atoms with E-state index in [0.717, 1.165) is 12.1 Å². The zero-order valence-corrected chi connectivity index (χ0v) is 14.6. The van der Waals surface area contributed by atoms with E-state index in [1.165, 1.54) is 0 Å². The van der Waals surface area contributed by atoms with E-state index < -0.39 is 0 Å². The van der Waals surface area contributed by atoms with E-state index >= 15 is 0 Å². The molecule has 7 heteroatoms. The number of benzene rings is 1. The largest absolute Gasteiger partial charge is 0.361 e. The maximum absolute atomic E-state index is 13.1. The van der Waals surface area contributed by atoms with Crippen LogP contribution in [-0.2, 0) is 0 Å². The summed E-state index contributed by atoms with van der Waals surface area (Å²) in [6.45, 7) is 5.45. The van der Waals surface area contributed by atoms with Gasteiger partial charge in [0.1, 0.15) is 11.3 Å². The monoisotopic (exact) mass is 342 g/mol. The smallest absolute Gasteiger partial charge is 0.259 e. The summed E-state index contributed by atoms with van der Waals surface area (Å²) in [5.41, 5.74) is 2.62. The highest BCUT2D eigenvalue weighted by Crippen LogP contribution is 2.26. The first-order valence-corrected chi connectivity index (χ1v) is 8.29. The molecule has 132 valence electrons. The van der Waals surface area contributed by atoms with Gasteiger partial charge in [-0.1, -0.05) is 17.3 Å². The van der Waals surface area contributed by atoms with Crippen molar-refractivity contribution in [3.63, 3.8) is 0 Å². The molecule has 1 atom stereocenters. The number of nitrogens with zero attached hydrogens (tertiary/aromatic N) is 2. The van der Waals surface area contributed by atoms with Gasteiger partial charge in [0.05, 0.1) is 11.7 Å². The molecule has 1 saturated heterocycles. The Labute approximate surface area is 146 Å².